The molecule has 0 radical (unpaired) electrons. The fourth-order valence-electron chi connectivity index (χ4n) is 1.46. The minimum atomic E-state index is -4.74. The standard InChI is InChI=1S/C11H10BrF3O3/c12-9-4-2-1-3-7(9)8(10(16)17)5-6-18-11(13,14)15/h1-4,8H,5-6H2,(H,16,17). The van der Waals surface area contributed by atoms with Crippen molar-refractivity contribution in [1.82, 2.24) is 0 Å². The molecule has 100 valence electrons. The van der Waals surface area contributed by atoms with Crippen molar-refractivity contribution in [1.29, 1.82) is 0 Å². The lowest BCUT2D eigenvalue weighted by Gasteiger charge is -2.15. The topological polar surface area (TPSA) is 46.5 Å². The quantitative estimate of drug-likeness (QED) is 0.900. The Labute approximate surface area is 110 Å². The minimum Gasteiger partial charge on any atom is -0.481 e. The first-order valence-corrected chi connectivity index (χ1v) is 5.78. The van der Waals surface area contributed by atoms with Gasteiger partial charge in [0.25, 0.3) is 0 Å². The van der Waals surface area contributed by atoms with E-state index in [1.54, 1.807) is 24.3 Å². The fraction of sp³-hybridized carbons (Fsp3) is 0.364. The number of halogens is 4. The first-order chi connectivity index (χ1) is 8.31. The highest BCUT2D eigenvalue weighted by Crippen LogP contribution is 2.28. The van der Waals surface area contributed by atoms with E-state index in [0.717, 1.165) is 0 Å². The molecule has 0 aliphatic carbocycles. The second-order valence-corrected chi connectivity index (χ2v) is 4.35. The van der Waals surface area contributed by atoms with Crippen molar-refractivity contribution in [2.24, 2.45) is 0 Å². The van der Waals surface area contributed by atoms with Crippen LogP contribution in [0.5, 0.6) is 0 Å². The van der Waals surface area contributed by atoms with Gasteiger partial charge in [-0.2, -0.15) is 0 Å². The lowest BCUT2D eigenvalue weighted by molar-refractivity contribution is -0.325. The van der Waals surface area contributed by atoms with Crippen LogP contribution in [-0.2, 0) is 9.53 Å². The summed E-state index contributed by atoms with van der Waals surface area (Å²) in [6, 6.07) is 6.51. The molecule has 3 nitrogen and oxygen atoms in total. The second-order valence-electron chi connectivity index (χ2n) is 3.50. The zero-order valence-corrected chi connectivity index (χ0v) is 10.7. The lowest BCUT2D eigenvalue weighted by Crippen LogP contribution is -2.19. The maximum absolute atomic E-state index is 11.8. The molecule has 0 amide bonds. The molecule has 18 heavy (non-hydrogen) atoms. The summed E-state index contributed by atoms with van der Waals surface area (Å²) in [5, 5.41) is 9.02. The molecule has 0 spiro atoms. The van der Waals surface area contributed by atoms with E-state index in [1.165, 1.54) is 0 Å². The highest BCUT2D eigenvalue weighted by atomic mass is 79.9. The van der Waals surface area contributed by atoms with Crippen LogP contribution in [0.4, 0.5) is 13.2 Å². The van der Waals surface area contributed by atoms with E-state index in [0.29, 0.717) is 10.0 Å². The van der Waals surface area contributed by atoms with Gasteiger partial charge in [0.1, 0.15) is 0 Å². The molecule has 1 atom stereocenters. The predicted octanol–water partition coefficient (Wildman–Crippen LogP) is 3.54. The summed E-state index contributed by atoms with van der Waals surface area (Å²) in [4.78, 5) is 11.1. The predicted molar refractivity (Wildman–Crippen MR) is 61.1 cm³/mol. The maximum Gasteiger partial charge on any atom is 0.522 e. The van der Waals surface area contributed by atoms with Crippen LogP contribution >= 0.6 is 15.9 Å². The molecule has 1 rings (SSSR count). The van der Waals surface area contributed by atoms with E-state index in [-0.39, 0.29) is 6.42 Å². The number of hydrogen-bond donors (Lipinski definition) is 1. The molecular weight excluding hydrogens is 317 g/mol. The molecular formula is C11H10BrF3O3. The molecule has 0 saturated heterocycles. The van der Waals surface area contributed by atoms with E-state index in [2.05, 4.69) is 20.7 Å². The Bertz CT molecular complexity index is 420. The van der Waals surface area contributed by atoms with Crippen LogP contribution in [0.2, 0.25) is 0 Å². The van der Waals surface area contributed by atoms with Gasteiger partial charge in [0, 0.05) is 4.47 Å². The summed E-state index contributed by atoms with van der Waals surface area (Å²) in [7, 11) is 0. The van der Waals surface area contributed by atoms with Gasteiger partial charge < -0.3 is 5.11 Å². The molecule has 1 unspecified atom stereocenters. The highest BCUT2D eigenvalue weighted by molar-refractivity contribution is 9.10. The molecule has 1 N–H and O–H groups in total. The van der Waals surface area contributed by atoms with Crippen molar-refractivity contribution in [3.8, 4) is 0 Å². The SMILES string of the molecule is O=C(O)C(CCOC(F)(F)F)c1ccccc1Br. The number of rotatable bonds is 5. The van der Waals surface area contributed by atoms with Crippen LogP contribution < -0.4 is 0 Å². The number of alkyl halides is 3. The first-order valence-electron chi connectivity index (χ1n) is 4.99. The van der Waals surface area contributed by atoms with Gasteiger partial charge in [-0.25, -0.2) is 0 Å². The number of carbonyl (C=O) groups is 1. The third-order valence-corrected chi connectivity index (χ3v) is 2.97. The molecule has 0 saturated carbocycles. The lowest BCUT2D eigenvalue weighted by atomic mass is 9.96. The Morgan fingerprint density at radius 3 is 2.50 bits per heavy atom. The minimum absolute atomic E-state index is 0.253. The smallest absolute Gasteiger partial charge is 0.481 e. The zero-order valence-electron chi connectivity index (χ0n) is 9.08. The van der Waals surface area contributed by atoms with Crippen molar-refractivity contribution in [3.63, 3.8) is 0 Å². The number of carboxylic acid groups (broad SMARTS) is 1. The van der Waals surface area contributed by atoms with Crippen molar-refractivity contribution >= 4 is 21.9 Å². The van der Waals surface area contributed by atoms with E-state index in [4.69, 9.17) is 5.11 Å². The number of hydrogen-bond acceptors (Lipinski definition) is 2. The third-order valence-electron chi connectivity index (χ3n) is 2.25. The summed E-state index contributed by atoms with van der Waals surface area (Å²) >= 11 is 3.17. The van der Waals surface area contributed by atoms with E-state index < -0.39 is 24.9 Å². The molecule has 0 aliphatic rings. The Morgan fingerprint density at radius 2 is 2.00 bits per heavy atom. The third kappa shape index (κ3) is 4.66. The normalized spacial score (nSPS) is 13.3. The molecule has 0 bridgehead atoms. The Morgan fingerprint density at radius 1 is 1.39 bits per heavy atom. The van der Waals surface area contributed by atoms with E-state index >= 15 is 0 Å². The van der Waals surface area contributed by atoms with Crippen molar-refractivity contribution in [2.45, 2.75) is 18.7 Å². The number of aliphatic carboxylic acids is 1. The summed E-state index contributed by atoms with van der Waals surface area (Å²) in [6.45, 7) is -0.693. The highest BCUT2D eigenvalue weighted by Gasteiger charge is 2.30. The summed E-state index contributed by atoms with van der Waals surface area (Å²) < 4.78 is 39.6. The second kappa shape index (κ2) is 6.19. The van der Waals surface area contributed by atoms with Gasteiger partial charge in [0.05, 0.1) is 12.5 Å². The fourth-order valence-corrected chi connectivity index (χ4v) is 2.02. The number of ether oxygens (including phenoxy) is 1. The largest absolute Gasteiger partial charge is 0.522 e. The van der Waals surface area contributed by atoms with Crippen molar-refractivity contribution < 1.29 is 27.8 Å². The Kier molecular flexibility index (Phi) is 5.15. The Hall–Kier alpha value is -1.08. The van der Waals surface area contributed by atoms with E-state index in [1.807, 2.05) is 0 Å². The molecule has 0 heterocycles. The summed E-state index contributed by atoms with van der Waals surface area (Å²) in [5.74, 6) is -2.23. The average Bonchev–Trinajstić information content (AvgIpc) is 2.24. The molecule has 7 heteroatoms. The van der Waals surface area contributed by atoms with Gasteiger partial charge in [-0.3, -0.25) is 9.53 Å². The first kappa shape index (κ1) is 15.0. The van der Waals surface area contributed by atoms with Gasteiger partial charge in [0.2, 0.25) is 0 Å². The summed E-state index contributed by atoms with van der Waals surface area (Å²) in [5.41, 5.74) is 0.427. The molecule has 0 aliphatic heterocycles. The van der Waals surface area contributed by atoms with Crippen LogP contribution in [-0.4, -0.2) is 24.0 Å². The van der Waals surface area contributed by atoms with Gasteiger partial charge >= 0.3 is 12.3 Å². The van der Waals surface area contributed by atoms with Gasteiger partial charge in [-0.1, -0.05) is 34.1 Å². The van der Waals surface area contributed by atoms with Crippen molar-refractivity contribution in [2.75, 3.05) is 6.61 Å². The molecule has 0 fully saturated rings. The zero-order chi connectivity index (χ0) is 13.8. The van der Waals surface area contributed by atoms with Gasteiger partial charge in [-0.05, 0) is 18.1 Å². The molecule has 1 aromatic rings. The molecule has 0 aromatic heterocycles. The van der Waals surface area contributed by atoms with Crippen LogP contribution in [0, 0.1) is 0 Å². The number of carboxylic acids is 1. The summed E-state index contributed by atoms with van der Waals surface area (Å²) in [6.07, 6.45) is -4.99. The Balaban J connectivity index is 2.73. The van der Waals surface area contributed by atoms with Crippen LogP contribution in [0.25, 0.3) is 0 Å². The number of benzene rings is 1. The van der Waals surface area contributed by atoms with Crippen molar-refractivity contribution in [3.05, 3.63) is 34.3 Å². The average molecular weight is 327 g/mol. The van der Waals surface area contributed by atoms with Crippen LogP contribution in [0.1, 0.15) is 17.9 Å². The van der Waals surface area contributed by atoms with Crippen LogP contribution in [0.3, 0.4) is 0 Å². The van der Waals surface area contributed by atoms with Gasteiger partial charge in [-0.15, -0.1) is 13.2 Å². The molecule has 1 aromatic carbocycles. The monoisotopic (exact) mass is 326 g/mol. The van der Waals surface area contributed by atoms with E-state index in [9.17, 15) is 18.0 Å². The van der Waals surface area contributed by atoms with Crippen LogP contribution in [0.15, 0.2) is 28.7 Å². The maximum atomic E-state index is 11.8. The van der Waals surface area contributed by atoms with Gasteiger partial charge in [0.15, 0.2) is 0 Å².